The number of allylic oxidation sites excluding steroid dienone is 1. The molecule has 0 saturated heterocycles. The molecule has 3 rings (SSSR count). The van der Waals surface area contributed by atoms with E-state index in [1.807, 2.05) is 55.7 Å². The molecule has 0 bridgehead atoms. The van der Waals surface area contributed by atoms with Crippen molar-refractivity contribution in [2.24, 2.45) is 0 Å². The van der Waals surface area contributed by atoms with Crippen molar-refractivity contribution in [1.82, 2.24) is 20.8 Å². The molecule has 1 aromatic carbocycles. The normalized spacial score (nSPS) is 10.5. The van der Waals surface area contributed by atoms with Crippen LogP contribution in [0.1, 0.15) is 23.6 Å². The zero-order valence-corrected chi connectivity index (χ0v) is 16.0. The molecule has 0 aliphatic heterocycles. The number of nitrogens with one attached hydrogen (secondary N) is 3. The van der Waals surface area contributed by atoms with Crippen LogP contribution in [-0.4, -0.2) is 27.6 Å². The Morgan fingerprint density at radius 1 is 1.25 bits per heavy atom. The van der Waals surface area contributed by atoms with E-state index in [-0.39, 0.29) is 0 Å². The molecule has 0 radical (unpaired) electrons. The second-order valence-corrected chi connectivity index (χ2v) is 6.09. The first-order valence-corrected chi connectivity index (χ1v) is 9.07. The monoisotopic (exact) mass is 378 g/mol. The summed E-state index contributed by atoms with van der Waals surface area (Å²) in [4.78, 5) is 18.5. The smallest absolute Gasteiger partial charge is 0.267 e. The summed E-state index contributed by atoms with van der Waals surface area (Å²) in [6, 6.07) is 11.9. The predicted octanol–water partition coefficient (Wildman–Crippen LogP) is 3.61. The number of carbonyl (C=O) groups is 1. The summed E-state index contributed by atoms with van der Waals surface area (Å²) in [5.74, 6) is -0.543. The summed E-state index contributed by atoms with van der Waals surface area (Å²) in [6.45, 7) is 6.90. The van der Waals surface area contributed by atoms with Crippen LogP contribution in [0.4, 0.5) is 0 Å². The van der Waals surface area contributed by atoms with Gasteiger partial charge in [-0.05, 0) is 54.8 Å². The molecule has 6 nitrogen and oxygen atoms in total. The molecule has 3 aromatic rings. The van der Waals surface area contributed by atoms with Gasteiger partial charge in [-0.3, -0.25) is 15.0 Å². The number of rotatable bonds is 7. The lowest BCUT2D eigenvalue weighted by Crippen LogP contribution is -2.16. The number of benzene rings is 1. The zero-order valence-electron chi connectivity index (χ0n) is 16.0. The van der Waals surface area contributed by atoms with E-state index in [1.54, 1.807) is 17.6 Å². The third-order valence-electron chi connectivity index (χ3n) is 3.95. The lowest BCUT2D eigenvalue weighted by molar-refractivity contribution is -0.124. The number of amides is 1. The number of aromatic amines is 1. The fraction of sp³-hybridized carbons (Fsp3) is 0.182. The van der Waals surface area contributed by atoms with Crippen molar-refractivity contribution in [2.45, 2.75) is 19.9 Å². The summed E-state index contributed by atoms with van der Waals surface area (Å²) in [6.07, 6.45) is 9.36. The molecule has 0 aliphatic rings. The van der Waals surface area contributed by atoms with E-state index < -0.39 is 5.91 Å². The standard InChI is InChI=1S/C19H20N4O2.C3H6/c24-18(23-25)6-5-14-1-3-15(4-2-14)13-20-10-7-16-8-11-21-17-9-12-22-19(16)17;1-3-2/h1-6,8-9,11-12,20,22,25H,7,10,13H2,(H,23,24);3H,1H2,2H3/b6-5+;. The molecule has 2 aromatic heterocycles. The zero-order chi connectivity index (χ0) is 20.2. The van der Waals surface area contributed by atoms with Gasteiger partial charge in [-0.2, -0.15) is 0 Å². The number of fused-ring (bicyclic) bond motifs is 1. The Kier molecular flexibility index (Phi) is 8.65. The highest BCUT2D eigenvalue weighted by Gasteiger charge is 2.02. The van der Waals surface area contributed by atoms with Gasteiger partial charge in [0.1, 0.15) is 0 Å². The first-order valence-electron chi connectivity index (χ1n) is 9.07. The highest BCUT2D eigenvalue weighted by atomic mass is 16.5. The number of hydrogen-bond acceptors (Lipinski definition) is 4. The van der Waals surface area contributed by atoms with Crippen molar-refractivity contribution in [1.29, 1.82) is 0 Å². The van der Waals surface area contributed by atoms with Gasteiger partial charge in [-0.1, -0.05) is 30.3 Å². The Morgan fingerprint density at radius 2 is 2.00 bits per heavy atom. The van der Waals surface area contributed by atoms with Crippen LogP contribution in [0, 0.1) is 0 Å². The van der Waals surface area contributed by atoms with Crippen LogP contribution in [0.2, 0.25) is 0 Å². The van der Waals surface area contributed by atoms with E-state index in [9.17, 15) is 4.79 Å². The van der Waals surface area contributed by atoms with Crippen molar-refractivity contribution in [3.05, 3.63) is 84.2 Å². The number of carbonyl (C=O) groups excluding carboxylic acids is 1. The van der Waals surface area contributed by atoms with Crippen molar-refractivity contribution in [3.8, 4) is 0 Å². The molecule has 2 heterocycles. The molecule has 0 aliphatic carbocycles. The minimum Gasteiger partial charge on any atom is -0.360 e. The summed E-state index contributed by atoms with van der Waals surface area (Å²) in [5.41, 5.74) is 6.99. The second kappa shape index (κ2) is 11.5. The molecule has 0 spiro atoms. The van der Waals surface area contributed by atoms with Gasteiger partial charge in [-0.25, -0.2) is 5.48 Å². The van der Waals surface area contributed by atoms with Gasteiger partial charge in [0.05, 0.1) is 11.0 Å². The van der Waals surface area contributed by atoms with Gasteiger partial charge in [0, 0.05) is 25.0 Å². The van der Waals surface area contributed by atoms with Gasteiger partial charge < -0.3 is 10.3 Å². The van der Waals surface area contributed by atoms with Crippen LogP contribution in [0.3, 0.4) is 0 Å². The lowest BCUT2D eigenvalue weighted by Gasteiger charge is -2.06. The number of hydrogen-bond donors (Lipinski definition) is 4. The molecule has 1 amide bonds. The number of H-pyrrole nitrogens is 1. The maximum Gasteiger partial charge on any atom is 0.267 e. The Hall–Kier alpha value is -3.22. The Labute approximate surface area is 165 Å². The quantitative estimate of drug-likeness (QED) is 0.166. The molecule has 0 saturated carbocycles. The van der Waals surface area contributed by atoms with Crippen LogP contribution in [0.25, 0.3) is 17.1 Å². The molecule has 0 atom stereocenters. The third-order valence-corrected chi connectivity index (χ3v) is 3.95. The summed E-state index contributed by atoms with van der Waals surface area (Å²) in [7, 11) is 0. The fourth-order valence-electron chi connectivity index (χ4n) is 2.64. The summed E-state index contributed by atoms with van der Waals surface area (Å²) < 4.78 is 0. The minimum absolute atomic E-state index is 0.543. The van der Waals surface area contributed by atoms with Gasteiger partial charge in [-0.15, -0.1) is 6.58 Å². The second-order valence-electron chi connectivity index (χ2n) is 6.09. The van der Waals surface area contributed by atoms with E-state index >= 15 is 0 Å². The Bertz CT molecular complexity index is 914. The first kappa shape index (κ1) is 21.1. The van der Waals surface area contributed by atoms with Gasteiger partial charge in [0.25, 0.3) is 5.91 Å². The average Bonchev–Trinajstić information content (AvgIpc) is 3.20. The first-order chi connectivity index (χ1) is 13.7. The highest BCUT2D eigenvalue weighted by Crippen LogP contribution is 2.14. The number of nitrogens with zero attached hydrogens (tertiary/aromatic N) is 1. The number of aromatic nitrogens is 2. The molecular formula is C22H26N4O2. The molecule has 6 heteroatoms. The molecule has 28 heavy (non-hydrogen) atoms. The van der Waals surface area contributed by atoms with E-state index in [0.29, 0.717) is 0 Å². The summed E-state index contributed by atoms with van der Waals surface area (Å²) in [5, 5.41) is 11.9. The van der Waals surface area contributed by atoms with Crippen LogP contribution in [-0.2, 0) is 17.8 Å². The lowest BCUT2D eigenvalue weighted by atomic mass is 10.1. The van der Waals surface area contributed by atoms with Gasteiger partial charge in [0.15, 0.2) is 0 Å². The topological polar surface area (TPSA) is 90.0 Å². The SMILES string of the molecule is C=CC.O=C(/C=C/c1ccc(CNCCc2ccnc3cc[nH]c23)cc1)NO. The van der Waals surface area contributed by atoms with E-state index in [0.717, 1.165) is 36.1 Å². The Balaban J connectivity index is 0.000000878. The van der Waals surface area contributed by atoms with E-state index in [1.165, 1.54) is 17.2 Å². The largest absolute Gasteiger partial charge is 0.360 e. The van der Waals surface area contributed by atoms with Crippen molar-refractivity contribution >= 4 is 23.0 Å². The van der Waals surface area contributed by atoms with Crippen molar-refractivity contribution < 1.29 is 10.0 Å². The van der Waals surface area contributed by atoms with E-state index in [2.05, 4.69) is 21.9 Å². The average molecular weight is 378 g/mol. The van der Waals surface area contributed by atoms with Crippen LogP contribution >= 0.6 is 0 Å². The van der Waals surface area contributed by atoms with Crippen LogP contribution in [0.5, 0.6) is 0 Å². The highest BCUT2D eigenvalue weighted by molar-refractivity contribution is 5.90. The van der Waals surface area contributed by atoms with Gasteiger partial charge >= 0.3 is 0 Å². The third kappa shape index (κ3) is 6.50. The molecule has 0 unspecified atom stereocenters. The molecule has 146 valence electrons. The van der Waals surface area contributed by atoms with Crippen molar-refractivity contribution in [3.63, 3.8) is 0 Å². The van der Waals surface area contributed by atoms with Crippen molar-refractivity contribution in [2.75, 3.05) is 6.54 Å². The molecule has 0 fully saturated rings. The summed E-state index contributed by atoms with van der Waals surface area (Å²) >= 11 is 0. The minimum atomic E-state index is -0.543. The maximum absolute atomic E-state index is 10.9. The van der Waals surface area contributed by atoms with Gasteiger partial charge in [0.2, 0.25) is 0 Å². The predicted molar refractivity (Wildman–Crippen MR) is 113 cm³/mol. The van der Waals surface area contributed by atoms with Crippen LogP contribution < -0.4 is 10.8 Å². The number of pyridine rings is 1. The van der Waals surface area contributed by atoms with Crippen LogP contribution in [0.15, 0.2) is 67.5 Å². The number of hydroxylamine groups is 1. The fourth-order valence-corrected chi connectivity index (χ4v) is 2.64. The molecule has 4 N–H and O–H groups in total. The Morgan fingerprint density at radius 3 is 2.71 bits per heavy atom. The molecular weight excluding hydrogens is 352 g/mol. The van der Waals surface area contributed by atoms with E-state index in [4.69, 9.17) is 5.21 Å². The maximum atomic E-state index is 10.9.